The molecule has 4 rings (SSSR count). The maximum atomic E-state index is 12.6. The minimum Gasteiger partial charge on any atom is -0.469 e. The highest BCUT2D eigenvalue weighted by Crippen LogP contribution is 2.30. The molecule has 2 amide bonds. The SMILES string of the molecule is O=C(NC1CCCc2occc21)N1CCN(CCc2ccccc2)CC1. The third-order valence-corrected chi connectivity index (χ3v) is 5.57. The molecule has 0 saturated carbocycles. The largest absolute Gasteiger partial charge is 0.469 e. The molecule has 0 bridgehead atoms. The van der Waals surface area contributed by atoms with Gasteiger partial charge in [0.05, 0.1) is 12.3 Å². The summed E-state index contributed by atoms with van der Waals surface area (Å²) in [5, 5.41) is 3.21. The molecule has 2 aliphatic rings. The summed E-state index contributed by atoms with van der Waals surface area (Å²) in [6.07, 6.45) is 5.85. The Bertz CT molecular complexity index is 720. The minimum atomic E-state index is 0.0618. The quantitative estimate of drug-likeness (QED) is 0.918. The van der Waals surface area contributed by atoms with Crippen LogP contribution in [-0.4, -0.2) is 48.6 Å². The van der Waals surface area contributed by atoms with E-state index in [9.17, 15) is 4.79 Å². The third-order valence-electron chi connectivity index (χ3n) is 5.57. The van der Waals surface area contributed by atoms with Crippen LogP contribution in [0.1, 0.15) is 35.8 Å². The van der Waals surface area contributed by atoms with Gasteiger partial charge in [-0.25, -0.2) is 4.79 Å². The maximum absolute atomic E-state index is 12.6. The van der Waals surface area contributed by atoms with E-state index in [1.807, 2.05) is 11.0 Å². The molecule has 1 fully saturated rings. The minimum absolute atomic E-state index is 0.0618. The number of nitrogens with zero attached hydrogens (tertiary/aromatic N) is 2. The Balaban J connectivity index is 1.24. The summed E-state index contributed by atoms with van der Waals surface area (Å²) in [6.45, 7) is 4.54. The summed E-state index contributed by atoms with van der Waals surface area (Å²) in [5.41, 5.74) is 2.53. The predicted octanol–water partition coefficient (Wildman–Crippen LogP) is 3.23. The summed E-state index contributed by atoms with van der Waals surface area (Å²) in [4.78, 5) is 17.1. The number of hydrogen-bond donors (Lipinski definition) is 1. The van der Waals surface area contributed by atoms with Gasteiger partial charge in [0, 0.05) is 44.7 Å². The molecule has 1 unspecified atom stereocenters. The topological polar surface area (TPSA) is 48.7 Å². The number of rotatable bonds is 4. The van der Waals surface area contributed by atoms with Crippen LogP contribution in [0.25, 0.3) is 0 Å². The molecule has 2 heterocycles. The summed E-state index contributed by atoms with van der Waals surface area (Å²) in [5.74, 6) is 1.03. The lowest BCUT2D eigenvalue weighted by Gasteiger charge is -2.36. The Hall–Kier alpha value is -2.27. The van der Waals surface area contributed by atoms with Gasteiger partial charge in [-0.2, -0.15) is 0 Å². The summed E-state index contributed by atoms with van der Waals surface area (Å²) in [6, 6.07) is 12.8. The lowest BCUT2D eigenvalue weighted by atomic mass is 9.93. The molecule has 1 atom stereocenters. The monoisotopic (exact) mass is 353 g/mol. The molecule has 1 aliphatic heterocycles. The lowest BCUT2D eigenvalue weighted by Crippen LogP contribution is -2.52. The standard InChI is InChI=1S/C21H27N3O2/c25-21(22-19-7-4-8-20-18(19)10-16-26-20)24-14-12-23(13-15-24)11-9-17-5-2-1-3-6-17/h1-3,5-6,10,16,19H,4,7-9,11-15H2,(H,22,25). The lowest BCUT2D eigenvalue weighted by molar-refractivity contribution is 0.137. The number of amides is 2. The van der Waals surface area contributed by atoms with E-state index in [0.29, 0.717) is 0 Å². The Morgan fingerprint density at radius 3 is 2.73 bits per heavy atom. The highest BCUT2D eigenvalue weighted by Gasteiger charge is 2.27. The number of hydrogen-bond acceptors (Lipinski definition) is 3. The van der Waals surface area contributed by atoms with Crippen molar-refractivity contribution in [2.75, 3.05) is 32.7 Å². The van der Waals surface area contributed by atoms with Gasteiger partial charge in [0.2, 0.25) is 0 Å². The molecule has 0 radical (unpaired) electrons. The van der Waals surface area contributed by atoms with Gasteiger partial charge in [-0.3, -0.25) is 4.90 Å². The van der Waals surface area contributed by atoms with Gasteiger partial charge in [0.1, 0.15) is 5.76 Å². The van der Waals surface area contributed by atoms with Crippen molar-refractivity contribution in [2.45, 2.75) is 31.7 Å². The molecule has 5 nitrogen and oxygen atoms in total. The number of benzene rings is 1. The second kappa shape index (κ2) is 7.96. The molecule has 0 spiro atoms. The number of furan rings is 1. The van der Waals surface area contributed by atoms with E-state index in [4.69, 9.17) is 4.42 Å². The normalized spacial score (nSPS) is 20.6. The number of nitrogens with one attached hydrogen (secondary N) is 1. The Labute approximate surface area is 155 Å². The van der Waals surface area contributed by atoms with E-state index in [1.165, 1.54) is 5.56 Å². The van der Waals surface area contributed by atoms with Crippen LogP contribution < -0.4 is 5.32 Å². The van der Waals surface area contributed by atoms with Crippen LogP contribution in [0.4, 0.5) is 4.79 Å². The van der Waals surface area contributed by atoms with Gasteiger partial charge in [-0.1, -0.05) is 30.3 Å². The van der Waals surface area contributed by atoms with Crippen molar-refractivity contribution in [3.8, 4) is 0 Å². The van der Waals surface area contributed by atoms with E-state index in [0.717, 1.165) is 69.7 Å². The van der Waals surface area contributed by atoms with Crippen LogP contribution >= 0.6 is 0 Å². The van der Waals surface area contributed by atoms with E-state index in [-0.39, 0.29) is 12.1 Å². The molecule has 138 valence electrons. The fraction of sp³-hybridized carbons (Fsp3) is 0.476. The van der Waals surface area contributed by atoms with Crippen molar-refractivity contribution in [3.05, 3.63) is 59.5 Å². The number of fused-ring (bicyclic) bond motifs is 1. The number of urea groups is 1. The highest BCUT2D eigenvalue weighted by atomic mass is 16.3. The van der Waals surface area contributed by atoms with Crippen LogP contribution in [0.3, 0.4) is 0 Å². The van der Waals surface area contributed by atoms with Gasteiger partial charge in [0.25, 0.3) is 0 Å². The number of piperazine rings is 1. The number of carbonyl (C=O) groups is 1. The Kier molecular flexibility index (Phi) is 5.25. The number of carbonyl (C=O) groups excluding carboxylic acids is 1. The Morgan fingerprint density at radius 1 is 1.12 bits per heavy atom. The molecular formula is C21H27N3O2. The van der Waals surface area contributed by atoms with E-state index < -0.39 is 0 Å². The summed E-state index contributed by atoms with van der Waals surface area (Å²) < 4.78 is 5.52. The van der Waals surface area contributed by atoms with E-state index >= 15 is 0 Å². The average Bonchev–Trinajstić information content (AvgIpc) is 3.17. The van der Waals surface area contributed by atoms with Crippen molar-refractivity contribution >= 4 is 6.03 Å². The van der Waals surface area contributed by atoms with Gasteiger partial charge in [0.15, 0.2) is 0 Å². The molecule has 5 heteroatoms. The second-order valence-corrected chi connectivity index (χ2v) is 7.26. The van der Waals surface area contributed by atoms with Crippen LogP contribution in [0, 0.1) is 0 Å². The molecule has 1 aromatic heterocycles. The molecule has 1 aliphatic carbocycles. The van der Waals surface area contributed by atoms with Crippen molar-refractivity contribution in [3.63, 3.8) is 0 Å². The van der Waals surface area contributed by atoms with Crippen LogP contribution in [0.5, 0.6) is 0 Å². The van der Waals surface area contributed by atoms with Crippen molar-refractivity contribution in [1.29, 1.82) is 0 Å². The zero-order chi connectivity index (χ0) is 17.8. The van der Waals surface area contributed by atoms with Crippen LogP contribution in [0.15, 0.2) is 47.1 Å². The average molecular weight is 353 g/mol. The molecule has 1 N–H and O–H groups in total. The first kappa shape index (κ1) is 17.2. The van der Waals surface area contributed by atoms with Crippen LogP contribution in [0.2, 0.25) is 0 Å². The smallest absolute Gasteiger partial charge is 0.317 e. The second-order valence-electron chi connectivity index (χ2n) is 7.26. The molecular weight excluding hydrogens is 326 g/mol. The summed E-state index contributed by atoms with van der Waals surface area (Å²) >= 11 is 0. The first-order valence-corrected chi connectivity index (χ1v) is 9.67. The molecule has 26 heavy (non-hydrogen) atoms. The van der Waals surface area contributed by atoms with Gasteiger partial charge in [-0.05, 0) is 30.9 Å². The molecule has 1 aromatic carbocycles. The maximum Gasteiger partial charge on any atom is 0.317 e. The zero-order valence-corrected chi connectivity index (χ0v) is 15.2. The zero-order valence-electron chi connectivity index (χ0n) is 15.2. The highest BCUT2D eigenvalue weighted by molar-refractivity contribution is 5.75. The molecule has 1 saturated heterocycles. The first-order chi connectivity index (χ1) is 12.8. The number of aryl methyl sites for hydroxylation is 1. The van der Waals surface area contributed by atoms with Crippen molar-refractivity contribution in [2.24, 2.45) is 0 Å². The Morgan fingerprint density at radius 2 is 1.92 bits per heavy atom. The first-order valence-electron chi connectivity index (χ1n) is 9.67. The van der Waals surface area contributed by atoms with Crippen LogP contribution in [-0.2, 0) is 12.8 Å². The van der Waals surface area contributed by atoms with Crippen molar-refractivity contribution < 1.29 is 9.21 Å². The fourth-order valence-corrected chi connectivity index (χ4v) is 3.98. The predicted molar refractivity (Wildman–Crippen MR) is 101 cm³/mol. The molecule has 2 aromatic rings. The van der Waals surface area contributed by atoms with Gasteiger partial charge in [-0.15, -0.1) is 0 Å². The van der Waals surface area contributed by atoms with Gasteiger partial charge >= 0.3 is 6.03 Å². The third kappa shape index (κ3) is 3.93. The van der Waals surface area contributed by atoms with E-state index in [1.54, 1.807) is 6.26 Å². The summed E-state index contributed by atoms with van der Waals surface area (Å²) in [7, 11) is 0. The fourth-order valence-electron chi connectivity index (χ4n) is 3.98. The van der Waals surface area contributed by atoms with Gasteiger partial charge < -0.3 is 14.6 Å². The van der Waals surface area contributed by atoms with E-state index in [2.05, 4.69) is 40.5 Å². The van der Waals surface area contributed by atoms with Crippen molar-refractivity contribution in [1.82, 2.24) is 15.1 Å².